The largest absolute Gasteiger partial charge is 0.193 e. The fraction of sp³-hybridized carbons (Fsp3) is 0.438. The third kappa shape index (κ3) is 1.04. The first kappa shape index (κ1) is 9.48. The van der Waals surface area contributed by atoms with Crippen LogP contribution in [0.1, 0.15) is 43.2 Å². The number of nitriles is 1. The number of hydrogen-bond donors (Lipinski definition) is 0. The van der Waals surface area contributed by atoms with Gasteiger partial charge in [0.15, 0.2) is 0 Å². The highest BCUT2D eigenvalue weighted by Crippen LogP contribution is 2.76. The van der Waals surface area contributed by atoms with Crippen molar-refractivity contribution in [1.82, 2.24) is 0 Å². The lowest BCUT2D eigenvalue weighted by molar-refractivity contribution is 0.375. The molecule has 4 rings (SSSR count). The number of benzene rings is 1. The Morgan fingerprint density at radius 2 is 1.88 bits per heavy atom. The highest BCUT2D eigenvalue weighted by Gasteiger charge is 2.67. The van der Waals surface area contributed by atoms with Crippen molar-refractivity contribution < 1.29 is 0 Å². The smallest absolute Gasteiger partial charge is 0.0915 e. The van der Waals surface area contributed by atoms with E-state index in [1.807, 2.05) is 0 Å². The first-order chi connectivity index (χ1) is 8.31. The second-order valence-electron chi connectivity index (χ2n) is 5.88. The molecule has 2 spiro atoms. The summed E-state index contributed by atoms with van der Waals surface area (Å²) in [6.45, 7) is 0. The minimum absolute atomic E-state index is 0.496. The summed E-state index contributed by atoms with van der Waals surface area (Å²) in [7, 11) is 0. The number of rotatable bonds is 0. The third-order valence-electron chi connectivity index (χ3n) is 5.17. The van der Waals surface area contributed by atoms with Gasteiger partial charge >= 0.3 is 0 Å². The van der Waals surface area contributed by atoms with Crippen molar-refractivity contribution in [3.05, 3.63) is 41.5 Å². The molecule has 0 aliphatic heterocycles. The van der Waals surface area contributed by atoms with Crippen molar-refractivity contribution in [3.8, 4) is 6.07 Å². The summed E-state index contributed by atoms with van der Waals surface area (Å²) < 4.78 is 0. The fourth-order valence-electron chi connectivity index (χ4n) is 4.03. The van der Waals surface area contributed by atoms with Crippen LogP contribution in [0.15, 0.2) is 30.3 Å². The van der Waals surface area contributed by atoms with E-state index in [9.17, 15) is 0 Å². The van der Waals surface area contributed by atoms with Crippen LogP contribution in [0.25, 0.3) is 5.57 Å². The Hall–Kier alpha value is -1.55. The highest BCUT2D eigenvalue weighted by molar-refractivity contribution is 5.76. The molecule has 1 aromatic carbocycles. The molecular weight excluding hydrogens is 206 g/mol. The van der Waals surface area contributed by atoms with Gasteiger partial charge < -0.3 is 0 Å². The number of fused-ring (bicyclic) bond motifs is 3. The molecule has 1 aromatic rings. The van der Waals surface area contributed by atoms with Gasteiger partial charge in [-0.25, -0.2) is 0 Å². The van der Waals surface area contributed by atoms with Gasteiger partial charge in [0.05, 0.1) is 6.07 Å². The molecule has 0 bridgehead atoms. The molecule has 1 nitrogen and oxygen atoms in total. The molecular formula is C16H15N. The van der Waals surface area contributed by atoms with Crippen molar-refractivity contribution in [1.29, 1.82) is 5.26 Å². The Morgan fingerprint density at radius 3 is 2.53 bits per heavy atom. The van der Waals surface area contributed by atoms with E-state index in [1.54, 1.807) is 6.08 Å². The minimum atomic E-state index is 0.496. The van der Waals surface area contributed by atoms with E-state index in [2.05, 4.69) is 30.3 Å². The summed E-state index contributed by atoms with van der Waals surface area (Å²) in [6, 6.07) is 11.0. The Kier molecular flexibility index (Phi) is 1.57. The molecule has 1 heteroatoms. The van der Waals surface area contributed by atoms with E-state index in [0.717, 1.165) is 6.42 Å². The zero-order valence-corrected chi connectivity index (χ0v) is 9.87. The highest BCUT2D eigenvalue weighted by atomic mass is 14.7. The normalized spacial score (nSPS) is 27.8. The van der Waals surface area contributed by atoms with Crippen LogP contribution in [-0.4, -0.2) is 0 Å². The van der Waals surface area contributed by atoms with Gasteiger partial charge in [-0.15, -0.1) is 0 Å². The van der Waals surface area contributed by atoms with Gasteiger partial charge in [0.2, 0.25) is 0 Å². The topological polar surface area (TPSA) is 23.8 Å². The van der Waals surface area contributed by atoms with Gasteiger partial charge in [-0.2, -0.15) is 5.26 Å². The Labute approximate surface area is 102 Å². The van der Waals surface area contributed by atoms with Crippen molar-refractivity contribution in [2.24, 2.45) is 5.41 Å². The van der Waals surface area contributed by atoms with E-state index in [0.29, 0.717) is 10.8 Å². The SMILES string of the molecule is N#CC=C1CC2(CC2)C2(CC2)c2ccccc21. The van der Waals surface area contributed by atoms with Crippen LogP contribution < -0.4 is 0 Å². The maximum Gasteiger partial charge on any atom is 0.0915 e. The second kappa shape index (κ2) is 2.82. The number of hydrogen-bond acceptors (Lipinski definition) is 1. The summed E-state index contributed by atoms with van der Waals surface area (Å²) in [5.41, 5.74) is 5.19. The lowest BCUT2D eigenvalue weighted by Gasteiger charge is -2.36. The van der Waals surface area contributed by atoms with Crippen LogP contribution in [0.4, 0.5) is 0 Å². The maximum absolute atomic E-state index is 8.95. The van der Waals surface area contributed by atoms with Gasteiger partial charge in [-0.3, -0.25) is 0 Å². The van der Waals surface area contributed by atoms with Crippen molar-refractivity contribution in [2.75, 3.05) is 0 Å². The lowest BCUT2D eigenvalue weighted by atomic mass is 9.68. The molecule has 3 aliphatic rings. The molecule has 0 unspecified atom stereocenters. The zero-order chi connectivity index (χ0) is 11.5. The summed E-state index contributed by atoms with van der Waals surface area (Å²) in [4.78, 5) is 0. The molecule has 2 fully saturated rings. The Morgan fingerprint density at radius 1 is 1.12 bits per heavy atom. The van der Waals surface area contributed by atoms with E-state index < -0.39 is 0 Å². The van der Waals surface area contributed by atoms with Gasteiger partial charge in [0.1, 0.15) is 0 Å². The van der Waals surface area contributed by atoms with E-state index in [1.165, 1.54) is 42.4 Å². The Bertz CT molecular complexity index is 565. The van der Waals surface area contributed by atoms with E-state index in [-0.39, 0.29) is 0 Å². The number of allylic oxidation sites excluding steroid dienone is 2. The molecule has 0 atom stereocenters. The van der Waals surface area contributed by atoms with Gasteiger partial charge in [-0.05, 0) is 54.2 Å². The minimum Gasteiger partial charge on any atom is -0.193 e. The van der Waals surface area contributed by atoms with E-state index in [4.69, 9.17) is 5.26 Å². The van der Waals surface area contributed by atoms with Crippen LogP contribution in [0.2, 0.25) is 0 Å². The molecule has 0 saturated heterocycles. The average molecular weight is 221 g/mol. The molecule has 0 heterocycles. The van der Waals surface area contributed by atoms with Gasteiger partial charge in [0.25, 0.3) is 0 Å². The van der Waals surface area contributed by atoms with E-state index >= 15 is 0 Å². The van der Waals surface area contributed by atoms with Crippen LogP contribution in [-0.2, 0) is 5.41 Å². The predicted octanol–water partition coefficient (Wildman–Crippen LogP) is 3.81. The molecule has 0 radical (unpaired) electrons. The average Bonchev–Trinajstić information content (AvgIpc) is 3.22. The molecule has 84 valence electrons. The van der Waals surface area contributed by atoms with Crippen LogP contribution in [0.5, 0.6) is 0 Å². The lowest BCUT2D eigenvalue weighted by Crippen LogP contribution is -2.28. The number of nitrogens with zero attached hydrogens (tertiary/aromatic N) is 1. The van der Waals surface area contributed by atoms with Crippen LogP contribution in [0.3, 0.4) is 0 Å². The molecule has 3 aliphatic carbocycles. The van der Waals surface area contributed by atoms with Crippen molar-refractivity contribution >= 4 is 5.57 Å². The summed E-state index contributed by atoms with van der Waals surface area (Å²) >= 11 is 0. The second-order valence-corrected chi connectivity index (χ2v) is 5.88. The summed E-state index contributed by atoms with van der Waals surface area (Å²) in [5, 5.41) is 8.95. The van der Waals surface area contributed by atoms with Crippen molar-refractivity contribution in [3.63, 3.8) is 0 Å². The monoisotopic (exact) mass is 221 g/mol. The maximum atomic E-state index is 8.95. The van der Waals surface area contributed by atoms with Crippen LogP contribution >= 0.6 is 0 Å². The standard InChI is InChI=1S/C16H15N/c17-10-5-12-11-15(6-7-15)16(8-9-16)14-4-2-1-3-13(12)14/h1-5H,6-9,11H2. The summed E-state index contributed by atoms with van der Waals surface area (Å²) in [6.07, 6.45) is 8.37. The first-order valence-electron chi connectivity index (χ1n) is 6.50. The van der Waals surface area contributed by atoms with Gasteiger partial charge in [-0.1, -0.05) is 24.3 Å². The fourth-order valence-corrected chi connectivity index (χ4v) is 4.03. The molecule has 0 aromatic heterocycles. The van der Waals surface area contributed by atoms with Crippen molar-refractivity contribution in [2.45, 2.75) is 37.5 Å². The molecule has 0 amide bonds. The Balaban J connectivity index is 1.97. The zero-order valence-electron chi connectivity index (χ0n) is 9.87. The first-order valence-corrected chi connectivity index (χ1v) is 6.50. The molecule has 17 heavy (non-hydrogen) atoms. The quantitative estimate of drug-likeness (QED) is 0.611. The molecule has 2 saturated carbocycles. The summed E-state index contributed by atoms with van der Waals surface area (Å²) in [5.74, 6) is 0. The van der Waals surface area contributed by atoms with Crippen LogP contribution in [0, 0.1) is 16.7 Å². The third-order valence-corrected chi connectivity index (χ3v) is 5.17. The van der Waals surface area contributed by atoms with Gasteiger partial charge in [0, 0.05) is 11.5 Å². The molecule has 0 N–H and O–H groups in total. The predicted molar refractivity (Wildman–Crippen MR) is 67.2 cm³/mol.